The van der Waals surface area contributed by atoms with Crippen LogP contribution < -0.4 is 10.9 Å². The van der Waals surface area contributed by atoms with Crippen molar-refractivity contribution in [2.75, 3.05) is 7.11 Å². The van der Waals surface area contributed by atoms with E-state index in [1.54, 1.807) is 13.2 Å². The van der Waals surface area contributed by atoms with Crippen LogP contribution in [0.15, 0.2) is 54.6 Å². The standard InChI is InChI=1S/C21H17F3O.H3N/c1-25-18-8-7-15-9-16(11-19(13-5-6-13)20(15)12-18)14-3-2-4-17(10-14)21(22,23)24;/h2-4,7-13H,5-6H2,1H3;1H3. The third-order valence-electron chi connectivity index (χ3n) is 4.73. The van der Waals surface area contributed by atoms with Crippen molar-refractivity contribution in [1.82, 2.24) is 6.15 Å². The van der Waals surface area contributed by atoms with E-state index in [0.717, 1.165) is 41.0 Å². The molecule has 3 N–H and O–H groups in total. The summed E-state index contributed by atoms with van der Waals surface area (Å²) in [6.45, 7) is 0. The van der Waals surface area contributed by atoms with Gasteiger partial charge in [0, 0.05) is 0 Å². The molecule has 4 rings (SSSR count). The fourth-order valence-corrected chi connectivity index (χ4v) is 3.27. The molecule has 0 aliphatic heterocycles. The SMILES string of the molecule is COc1ccc2cc(-c3cccc(C(F)(F)F)c3)cc(C3CC3)c2c1.N. The van der Waals surface area contributed by atoms with Gasteiger partial charge >= 0.3 is 6.18 Å². The van der Waals surface area contributed by atoms with Crippen molar-refractivity contribution in [3.8, 4) is 16.9 Å². The van der Waals surface area contributed by atoms with Crippen LogP contribution in [0.2, 0.25) is 0 Å². The number of ether oxygens (including phenoxy) is 1. The van der Waals surface area contributed by atoms with Gasteiger partial charge in [-0.25, -0.2) is 0 Å². The molecule has 136 valence electrons. The van der Waals surface area contributed by atoms with Gasteiger partial charge in [-0.2, -0.15) is 13.2 Å². The second-order valence-electron chi connectivity index (χ2n) is 6.51. The third-order valence-corrected chi connectivity index (χ3v) is 4.73. The first-order valence-electron chi connectivity index (χ1n) is 8.25. The lowest BCUT2D eigenvalue weighted by Gasteiger charge is -2.13. The Kier molecular flexibility index (Phi) is 4.67. The summed E-state index contributed by atoms with van der Waals surface area (Å²) in [5.74, 6) is 1.28. The monoisotopic (exact) mass is 359 g/mol. The Morgan fingerprint density at radius 1 is 0.923 bits per heavy atom. The average Bonchev–Trinajstić information content (AvgIpc) is 3.44. The van der Waals surface area contributed by atoms with Crippen LogP contribution in [-0.4, -0.2) is 7.11 Å². The minimum absolute atomic E-state index is 0. The summed E-state index contributed by atoms with van der Waals surface area (Å²) in [5, 5.41) is 2.15. The van der Waals surface area contributed by atoms with E-state index in [1.165, 1.54) is 17.7 Å². The summed E-state index contributed by atoms with van der Waals surface area (Å²) in [7, 11) is 1.63. The molecule has 0 aromatic heterocycles. The zero-order chi connectivity index (χ0) is 17.6. The number of rotatable bonds is 3. The summed E-state index contributed by atoms with van der Waals surface area (Å²) in [6.07, 6.45) is -2.09. The number of fused-ring (bicyclic) bond motifs is 1. The maximum Gasteiger partial charge on any atom is 0.416 e. The minimum atomic E-state index is -4.33. The molecular formula is C21H20F3NO. The maximum absolute atomic E-state index is 13.0. The highest BCUT2D eigenvalue weighted by molar-refractivity contribution is 5.92. The van der Waals surface area contributed by atoms with Crippen molar-refractivity contribution < 1.29 is 17.9 Å². The Bertz CT molecular complexity index is 946. The van der Waals surface area contributed by atoms with Gasteiger partial charge in [-0.3, -0.25) is 0 Å². The average molecular weight is 359 g/mol. The van der Waals surface area contributed by atoms with Crippen molar-refractivity contribution in [3.05, 3.63) is 65.7 Å². The molecule has 1 aliphatic carbocycles. The van der Waals surface area contributed by atoms with Crippen LogP contribution in [0, 0.1) is 0 Å². The lowest BCUT2D eigenvalue weighted by Crippen LogP contribution is -2.04. The van der Waals surface area contributed by atoms with Gasteiger partial charge in [0.1, 0.15) is 5.75 Å². The van der Waals surface area contributed by atoms with E-state index >= 15 is 0 Å². The summed E-state index contributed by atoms with van der Waals surface area (Å²) < 4.78 is 44.4. The number of hydrogen-bond acceptors (Lipinski definition) is 2. The normalized spacial score (nSPS) is 14.2. The summed E-state index contributed by atoms with van der Waals surface area (Å²) in [6, 6.07) is 15.4. The first-order chi connectivity index (χ1) is 12.0. The topological polar surface area (TPSA) is 44.2 Å². The molecule has 3 aromatic carbocycles. The summed E-state index contributed by atoms with van der Waals surface area (Å²) >= 11 is 0. The molecule has 0 saturated heterocycles. The van der Waals surface area contributed by atoms with Crippen LogP contribution in [0.1, 0.15) is 29.9 Å². The fourth-order valence-electron chi connectivity index (χ4n) is 3.27. The Morgan fingerprint density at radius 2 is 1.69 bits per heavy atom. The molecular weight excluding hydrogens is 339 g/mol. The minimum Gasteiger partial charge on any atom is -0.497 e. The molecule has 1 saturated carbocycles. The molecule has 0 unspecified atom stereocenters. The highest BCUT2D eigenvalue weighted by atomic mass is 19.4. The highest BCUT2D eigenvalue weighted by Gasteiger charge is 2.31. The second-order valence-corrected chi connectivity index (χ2v) is 6.51. The van der Waals surface area contributed by atoms with Gasteiger partial charge < -0.3 is 10.9 Å². The van der Waals surface area contributed by atoms with Gasteiger partial charge in [0.2, 0.25) is 0 Å². The number of benzene rings is 3. The van der Waals surface area contributed by atoms with Crippen molar-refractivity contribution in [3.63, 3.8) is 0 Å². The first kappa shape index (κ1) is 18.3. The molecule has 26 heavy (non-hydrogen) atoms. The van der Waals surface area contributed by atoms with Crippen LogP contribution in [0.3, 0.4) is 0 Å². The third kappa shape index (κ3) is 3.40. The first-order valence-corrected chi connectivity index (χ1v) is 8.25. The van der Waals surface area contributed by atoms with Crippen LogP contribution in [-0.2, 0) is 6.18 Å². The largest absolute Gasteiger partial charge is 0.497 e. The van der Waals surface area contributed by atoms with Gasteiger partial charge in [-0.05, 0) is 76.6 Å². The maximum atomic E-state index is 13.0. The number of methoxy groups -OCH3 is 1. The summed E-state index contributed by atoms with van der Waals surface area (Å²) in [4.78, 5) is 0. The van der Waals surface area contributed by atoms with Crippen molar-refractivity contribution >= 4 is 10.8 Å². The number of hydrogen-bond donors (Lipinski definition) is 1. The molecule has 3 aromatic rings. The fraction of sp³-hybridized carbons (Fsp3) is 0.238. The lowest BCUT2D eigenvalue weighted by molar-refractivity contribution is -0.137. The van der Waals surface area contributed by atoms with Crippen LogP contribution in [0.25, 0.3) is 21.9 Å². The van der Waals surface area contributed by atoms with Crippen LogP contribution in [0.4, 0.5) is 13.2 Å². The van der Waals surface area contributed by atoms with Gasteiger partial charge in [0.15, 0.2) is 0 Å². The Hall–Kier alpha value is -2.53. The van der Waals surface area contributed by atoms with Gasteiger partial charge in [-0.1, -0.05) is 24.3 Å². The van der Waals surface area contributed by atoms with Gasteiger partial charge in [-0.15, -0.1) is 0 Å². The van der Waals surface area contributed by atoms with Crippen LogP contribution in [0.5, 0.6) is 5.75 Å². The molecule has 5 heteroatoms. The zero-order valence-corrected chi connectivity index (χ0v) is 14.4. The van der Waals surface area contributed by atoms with Gasteiger partial charge in [0.25, 0.3) is 0 Å². The predicted octanol–water partition coefficient (Wildman–Crippen LogP) is 6.57. The quantitative estimate of drug-likeness (QED) is 0.574. The van der Waals surface area contributed by atoms with E-state index in [2.05, 4.69) is 0 Å². The van der Waals surface area contributed by atoms with Crippen molar-refractivity contribution in [2.45, 2.75) is 24.9 Å². The number of halogens is 3. The van der Waals surface area contributed by atoms with Crippen molar-refractivity contribution in [1.29, 1.82) is 0 Å². The lowest BCUT2D eigenvalue weighted by atomic mass is 9.94. The Balaban J connectivity index is 0.00000196. The molecule has 0 heterocycles. The number of alkyl halides is 3. The molecule has 0 atom stereocenters. The van der Waals surface area contributed by atoms with E-state index in [9.17, 15) is 13.2 Å². The molecule has 0 spiro atoms. The van der Waals surface area contributed by atoms with E-state index in [1.807, 2.05) is 30.3 Å². The molecule has 0 radical (unpaired) electrons. The highest BCUT2D eigenvalue weighted by Crippen LogP contribution is 2.45. The van der Waals surface area contributed by atoms with E-state index in [4.69, 9.17) is 4.74 Å². The molecule has 1 fully saturated rings. The van der Waals surface area contributed by atoms with E-state index in [0.29, 0.717) is 11.5 Å². The smallest absolute Gasteiger partial charge is 0.416 e. The Labute approximate surface area is 150 Å². The van der Waals surface area contributed by atoms with E-state index in [-0.39, 0.29) is 6.15 Å². The predicted molar refractivity (Wildman–Crippen MR) is 97.9 cm³/mol. The van der Waals surface area contributed by atoms with Crippen LogP contribution >= 0.6 is 0 Å². The van der Waals surface area contributed by atoms with Gasteiger partial charge in [0.05, 0.1) is 12.7 Å². The Morgan fingerprint density at radius 3 is 2.35 bits per heavy atom. The molecule has 0 amide bonds. The summed E-state index contributed by atoms with van der Waals surface area (Å²) in [5.41, 5.74) is 2.00. The zero-order valence-electron chi connectivity index (χ0n) is 14.4. The second kappa shape index (κ2) is 6.65. The van der Waals surface area contributed by atoms with E-state index < -0.39 is 11.7 Å². The molecule has 0 bridgehead atoms. The van der Waals surface area contributed by atoms with Crippen molar-refractivity contribution in [2.24, 2.45) is 0 Å². The molecule has 2 nitrogen and oxygen atoms in total. The molecule has 1 aliphatic rings.